The molecule has 1 saturated heterocycles. The summed E-state index contributed by atoms with van der Waals surface area (Å²) >= 11 is 0. The van der Waals surface area contributed by atoms with Gasteiger partial charge in [-0.25, -0.2) is 0 Å². The van der Waals surface area contributed by atoms with Crippen LogP contribution in [0.3, 0.4) is 0 Å². The molecular formula is C11H22N2O2. The Morgan fingerprint density at radius 2 is 2.00 bits per heavy atom. The fourth-order valence-electron chi connectivity index (χ4n) is 2.12. The van der Waals surface area contributed by atoms with Gasteiger partial charge in [-0.2, -0.15) is 0 Å². The summed E-state index contributed by atoms with van der Waals surface area (Å²) in [4.78, 5) is 14.0. The Labute approximate surface area is 91.4 Å². The van der Waals surface area contributed by atoms with Crippen molar-refractivity contribution >= 4 is 5.91 Å². The molecule has 4 nitrogen and oxygen atoms in total. The van der Waals surface area contributed by atoms with Crippen LogP contribution in [0.1, 0.15) is 26.7 Å². The first-order valence-electron chi connectivity index (χ1n) is 5.73. The van der Waals surface area contributed by atoms with Gasteiger partial charge in [-0.3, -0.25) is 4.79 Å². The third kappa shape index (κ3) is 2.16. The number of nitrogens with zero attached hydrogens (tertiary/aromatic N) is 1. The quantitative estimate of drug-likeness (QED) is 0.687. The van der Waals surface area contributed by atoms with Gasteiger partial charge in [-0.05, 0) is 12.8 Å². The monoisotopic (exact) mass is 214 g/mol. The van der Waals surface area contributed by atoms with Crippen LogP contribution < -0.4 is 5.73 Å². The number of nitrogens with two attached hydrogens (primary N) is 1. The number of rotatable bonds is 5. The molecule has 0 radical (unpaired) electrons. The Morgan fingerprint density at radius 3 is 2.33 bits per heavy atom. The van der Waals surface area contributed by atoms with Gasteiger partial charge in [-0.15, -0.1) is 0 Å². The zero-order chi connectivity index (χ0) is 11.5. The predicted molar refractivity (Wildman–Crippen MR) is 59.2 cm³/mol. The number of hydrogen-bond acceptors (Lipinski definition) is 3. The van der Waals surface area contributed by atoms with Gasteiger partial charge in [0.05, 0.1) is 5.41 Å². The molecule has 1 fully saturated rings. The zero-order valence-corrected chi connectivity index (χ0v) is 9.70. The van der Waals surface area contributed by atoms with Gasteiger partial charge in [0, 0.05) is 32.2 Å². The molecule has 0 aliphatic carbocycles. The Balaban J connectivity index is 2.59. The van der Waals surface area contributed by atoms with E-state index in [-0.39, 0.29) is 23.8 Å². The predicted octanol–water partition coefficient (Wildman–Crippen LogP) is 0.202. The van der Waals surface area contributed by atoms with Crippen LogP contribution in [0, 0.1) is 11.3 Å². The summed E-state index contributed by atoms with van der Waals surface area (Å²) in [5, 5.41) is 8.90. The fraction of sp³-hybridized carbons (Fsp3) is 0.909. The van der Waals surface area contributed by atoms with E-state index >= 15 is 0 Å². The summed E-state index contributed by atoms with van der Waals surface area (Å²) < 4.78 is 0. The maximum Gasteiger partial charge on any atom is 0.230 e. The average molecular weight is 214 g/mol. The lowest BCUT2D eigenvalue weighted by Crippen LogP contribution is -2.57. The van der Waals surface area contributed by atoms with Crippen molar-refractivity contribution in [2.75, 3.05) is 26.2 Å². The van der Waals surface area contributed by atoms with Gasteiger partial charge in [-0.1, -0.05) is 13.8 Å². The second-order valence-corrected chi connectivity index (χ2v) is 4.45. The van der Waals surface area contributed by atoms with Crippen molar-refractivity contribution in [3.63, 3.8) is 0 Å². The van der Waals surface area contributed by atoms with Crippen molar-refractivity contribution < 1.29 is 9.90 Å². The maximum atomic E-state index is 12.2. The second-order valence-electron chi connectivity index (χ2n) is 4.45. The van der Waals surface area contributed by atoms with Crippen LogP contribution in [0.4, 0.5) is 0 Å². The zero-order valence-electron chi connectivity index (χ0n) is 9.70. The highest BCUT2D eigenvalue weighted by Crippen LogP contribution is 2.30. The molecule has 3 N–H and O–H groups in total. The van der Waals surface area contributed by atoms with Crippen molar-refractivity contribution in [1.82, 2.24) is 4.90 Å². The van der Waals surface area contributed by atoms with Gasteiger partial charge in [0.1, 0.15) is 0 Å². The summed E-state index contributed by atoms with van der Waals surface area (Å²) in [6, 6.07) is 0. The topological polar surface area (TPSA) is 66.6 Å². The SMILES string of the molecule is CCC(CC)(CN)C(=O)N1CC(CO)C1. The summed E-state index contributed by atoms with van der Waals surface area (Å²) in [7, 11) is 0. The number of amides is 1. The lowest BCUT2D eigenvalue weighted by Gasteiger charge is -2.44. The summed E-state index contributed by atoms with van der Waals surface area (Å²) in [6.45, 7) is 6.00. The molecule has 15 heavy (non-hydrogen) atoms. The summed E-state index contributed by atoms with van der Waals surface area (Å²) in [5.41, 5.74) is 5.34. The molecule has 88 valence electrons. The van der Waals surface area contributed by atoms with Crippen molar-refractivity contribution in [2.24, 2.45) is 17.1 Å². The molecule has 1 aliphatic rings. The number of hydrogen-bond donors (Lipinski definition) is 2. The highest BCUT2D eigenvalue weighted by Gasteiger charge is 2.41. The largest absolute Gasteiger partial charge is 0.396 e. The lowest BCUT2D eigenvalue weighted by molar-refractivity contribution is -0.149. The first kappa shape index (κ1) is 12.5. The minimum absolute atomic E-state index is 0.166. The molecule has 1 heterocycles. The molecule has 0 aromatic carbocycles. The van der Waals surface area contributed by atoms with Crippen LogP contribution in [0.25, 0.3) is 0 Å². The van der Waals surface area contributed by atoms with E-state index in [1.165, 1.54) is 0 Å². The van der Waals surface area contributed by atoms with Gasteiger partial charge < -0.3 is 15.7 Å². The first-order valence-corrected chi connectivity index (χ1v) is 5.73. The van der Waals surface area contributed by atoms with E-state index in [0.29, 0.717) is 19.6 Å². The van der Waals surface area contributed by atoms with Crippen LogP contribution in [0.5, 0.6) is 0 Å². The molecule has 0 unspecified atom stereocenters. The van der Waals surface area contributed by atoms with Crippen LogP contribution in [0.15, 0.2) is 0 Å². The molecule has 1 amide bonds. The van der Waals surface area contributed by atoms with E-state index in [1.54, 1.807) is 0 Å². The number of aliphatic hydroxyl groups excluding tert-OH is 1. The van der Waals surface area contributed by atoms with Crippen LogP contribution >= 0.6 is 0 Å². The maximum absolute atomic E-state index is 12.2. The smallest absolute Gasteiger partial charge is 0.230 e. The summed E-state index contributed by atoms with van der Waals surface area (Å²) in [6.07, 6.45) is 1.58. The highest BCUT2D eigenvalue weighted by molar-refractivity contribution is 5.83. The Hall–Kier alpha value is -0.610. The molecule has 1 rings (SSSR count). The second kappa shape index (κ2) is 4.94. The third-order valence-electron chi connectivity index (χ3n) is 3.70. The number of aliphatic hydroxyl groups is 1. The van der Waals surface area contributed by atoms with Gasteiger partial charge in [0.2, 0.25) is 5.91 Å². The van der Waals surface area contributed by atoms with E-state index in [4.69, 9.17) is 10.8 Å². The van der Waals surface area contributed by atoms with Crippen molar-refractivity contribution in [3.05, 3.63) is 0 Å². The minimum Gasteiger partial charge on any atom is -0.396 e. The fourth-order valence-corrected chi connectivity index (χ4v) is 2.12. The number of carbonyl (C=O) groups is 1. The molecule has 1 aliphatic heterocycles. The molecule has 0 aromatic heterocycles. The molecule has 4 heteroatoms. The molecule has 0 spiro atoms. The Kier molecular flexibility index (Phi) is 4.11. The van der Waals surface area contributed by atoms with Gasteiger partial charge >= 0.3 is 0 Å². The lowest BCUT2D eigenvalue weighted by atomic mass is 9.79. The molecule has 0 saturated carbocycles. The van der Waals surface area contributed by atoms with Gasteiger partial charge in [0.25, 0.3) is 0 Å². The summed E-state index contributed by atoms with van der Waals surface area (Å²) in [5.74, 6) is 0.442. The van der Waals surface area contributed by atoms with E-state index in [2.05, 4.69) is 0 Å². The third-order valence-corrected chi connectivity index (χ3v) is 3.70. The number of likely N-dealkylation sites (tertiary alicyclic amines) is 1. The van der Waals surface area contributed by atoms with E-state index < -0.39 is 0 Å². The highest BCUT2D eigenvalue weighted by atomic mass is 16.3. The van der Waals surface area contributed by atoms with Crippen LogP contribution in [0.2, 0.25) is 0 Å². The van der Waals surface area contributed by atoms with Crippen molar-refractivity contribution in [3.8, 4) is 0 Å². The van der Waals surface area contributed by atoms with E-state index in [1.807, 2.05) is 18.7 Å². The minimum atomic E-state index is -0.375. The van der Waals surface area contributed by atoms with E-state index in [0.717, 1.165) is 12.8 Å². The Morgan fingerprint density at radius 1 is 1.47 bits per heavy atom. The average Bonchev–Trinajstić information content (AvgIpc) is 2.20. The van der Waals surface area contributed by atoms with Crippen LogP contribution in [-0.2, 0) is 4.79 Å². The first-order chi connectivity index (χ1) is 7.13. The molecule has 0 atom stereocenters. The van der Waals surface area contributed by atoms with Crippen LogP contribution in [-0.4, -0.2) is 42.2 Å². The van der Waals surface area contributed by atoms with E-state index in [9.17, 15) is 4.79 Å². The molecular weight excluding hydrogens is 192 g/mol. The normalized spacial score (nSPS) is 17.7. The molecule has 0 aromatic rings. The Bertz CT molecular complexity index is 212. The number of carbonyl (C=O) groups excluding carboxylic acids is 1. The molecule has 0 bridgehead atoms. The van der Waals surface area contributed by atoms with Gasteiger partial charge in [0.15, 0.2) is 0 Å². The van der Waals surface area contributed by atoms with Crippen molar-refractivity contribution in [1.29, 1.82) is 0 Å². The standard InChI is InChI=1S/C11H22N2O2/c1-3-11(4-2,8-12)10(15)13-5-9(6-13)7-14/h9,14H,3-8,12H2,1-2H3. The van der Waals surface area contributed by atoms with Crippen molar-refractivity contribution in [2.45, 2.75) is 26.7 Å².